The van der Waals surface area contributed by atoms with Gasteiger partial charge in [0.1, 0.15) is 0 Å². The van der Waals surface area contributed by atoms with Gasteiger partial charge in [0.25, 0.3) is 21.8 Å². The lowest BCUT2D eigenvalue weighted by molar-refractivity contribution is 0.0926. The van der Waals surface area contributed by atoms with Crippen molar-refractivity contribution in [1.29, 1.82) is 0 Å². The van der Waals surface area contributed by atoms with Gasteiger partial charge in [0.05, 0.1) is 33.6 Å². The summed E-state index contributed by atoms with van der Waals surface area (Å²) >= 11 is 0. The Morgan fingerprint density at radius 1 is 0.938 bits per heavy atom. The van der Waals surface area contributed by atoms with Crippen LogP contribution in [0, 0.1) is 6.92 Å². The second kappa shape index (κ2) is 7.56. The molecule has 2 amide bonds. The van der Waals surface area contributed by atoms with Crippen molar-refractivity contribution in [2.45, 2.75) is 38.0 Å². The molecule has 2 heterocycles. The highest BCUT2D eigenvalue weighted by Crippen LogP contribution is 2.41. The molecule has 0 unspecified atom stereocenters. The van der Waals surface area contributed by atoms with Crippen molar-refractivity contribution in [3.05, 3.63) is 83.2 Å². The number of aromatic nitrogens is 1. The summed E-state index contributed by atoms with van der Waals surface area (Å²) < 4.78 is 29.0. The highest BCUT2D eigenvalue weighted by molar-refractivity contribution is 7.92. The Bertz CT molecular complexity index is 1330. The maximum atomic E-state index is 13.5. The van der Waals surface area contributed by atoms with Crippen molar-refractivity contribution in [3.63, 3.8) is 0 Å². The number of imide groups is 1. The molecule has 0 saturated carbocycles. The van der Waals surface area contributed by atoms with Gasteiger partial charge >= 0.3 is 0 Å². The molecule has 0 radical (unpaired) electrons. The summed E-state index contributed by atoms with van der Waals surface area (Å²) in [4.78, 5) is 31.9. The van der Waals surface area contributed by atoms with Gasteiger partial charge in [-0.1, -0.05) is 45.0 Å². The minimum absolute atomic E-state index is 0.0586. The Labute approximate surface area is 187 Å². The molecule has 0 atom stereocenters. The van der Waals surface area contributed by atoms with Crippen molar-refractivity contribution < 1.29 is 18.0 Å². The monoisotopic (exact) mass is 449 g/mol. The number of carbonyl (C=O) groups excluding carboxylic acids is 2. The molecule has 4 rings (SSSR count). The molecule has 3 aromatic rings. The lowest BCUT2D eigenvalue weighted by Gasteiger charge is -2.26. The van der Waals surface area contributed by atoms with Crippen molar-refractivity contribution >= 4 is 33.2 Å². The number of carbonyl (C=O) groups is 2. The second-order valence-electron chi connectivity index (χ2n) is 8.69. The Hall–Kier alpha value is -3.52. The molecule has 1 aliphatic rings. The second-order valence-corrected chi connectivity index (χ2v) is 10.4. The zero-order valence-corrected chi connectivity index (χ0v) is 19.0. The van der Waals surface area contributed by atoms with Crippen molar-refractivity contribution in [3.8, 4) is 0 Å². The first-order valence-electron chi connectivity index (χ1n) is 10.1. The first-order valence-corrected chi connectivity index (χ1v) is 11.6. The molecule has 0 aliphatic carbocycles. The van der Waals surface area contributed by atoms with Gasteiger partial charge in [0, 0.05) is 6.20 Å². The minimum atomic E-state index is -4.00. The molecule has 0 spiro atoms. The number of amides is 2. The third-order valence-corrected chi connectivity index (χ3v) is 6.73. The van der Waals surface area contributed by atoms with E-state index < -0.39 is 27.3 Å². The summed E-state index contributed by atoms with van der Waals surface area (Å²) in [6.07, 6.45) is 2.97. The minimum Gasteiger partial charge on any atom is -0.278 e. The fraction of sp³-hybridized carbons (Fsp3) is 0.208. The van der Waals surface area contributed by atoms with Crippen LogP contribution < -0.4 is 9.62 Å². The molecule has 7 nitrogen and oxygen atoms in total. The van der Waals surface area contributed by atoms with E-state index >= 15 is 0 Å². The SMILES string of the molecule is Cc1cc(C(C)(C)C)c(NS(=O)(=O)c2ccccc2)c2c1C(=O)N(c1cccnc1)C2=O. The van der Waals surface area contributed by atoms with Gasteiger partial charge in [-0.2, -0.15) is 0 Å². The Balaban J connectivity index is 1.96. The first kappa shape index (κ1) is 21.7. The Morgan fingerprint density at radius 3 is 2.19 bits per heavy atom. The number of hydrogen-bond acceptors (Lipinski definition) is 5. The van der Waals surface area contributed by atoms with Crippen LogP contribution in [-0.2, 0) is 15.4 Å². The van der Waals surface area contributed by atoms with Crippen LogP contribution in [0.3, 0.4) is 0 Å². The number of hydrogen-bond donors (Lipinski definition) is 1. The van der Waals surface area contributed by atoms with E-state index in [1.807, 2.05) is 20.8 Å². The number of rotatable bonds is 4. The molecule has 32 heavy (non-hydrogen) atoms. The van der Waals surface area contributed by atoms with E-state index in [-0.39, 0.29) is 21.7 Å². The topological polar surface area (TPSA) is 96.4 Å². The summed E-state index contributed by atoms with van der Waals surface area (Å²) in [5, 5.41) is 0. The predicted octanol–water partition coefficient (Wildman–Crippen LogP) is 4.29. The van der Waals surface area contributed by atoms with Crippen LogP contribution in [0.1, 0.15) is 52.6 Å². The zero-order chi connectivity index (χ0) is 23.3. The Kier molecular flexibility index (Phi) is 5.13. The van der Waals surface area contributed by atoms with Crippen molar-refractivity contribution in [1.82, 2.24) is 4.98 Å². The lowest BCUT2D eigenvalue weighted by Crippen LogP contribution is -2.30. The third kappa shape index (κ3) is 3.56. The van der Waals surface area contributed by atoms with Crippen molar-refractivity contribution in [2.24, 2.45) is 0 Å². The maximum Gasteiger partial charge on any atom is 0.268 e. The lowest BCUT2D eigenvalue weighted by atomic mass is 9.82. The fourth-order valence-electron chi connectivity index (χ4n) is 3.83. The normalized spacial score (nSPS) is 13.9. The summed E-state index contributed by atoms with van der Waals surface area (Å²) in [5.74, 6) is -1.09. The van der Waals surface area contributed by atoms with Gasteiger partial charge in [-0.25, -0.2) is 13.3 Å². The number of benzene rings is 2. The average Bonchev–Trinajstić information content (AvgIpc) is 3.01. The highest BCUT2D eigenvalue weighted by atomic mass is 32.2. The molecule has 0 bridgehead atoms. The number of pyridine rings is 1. The summed E-state index contributed by atoms with van der Waals surface area (Å²) in [7, 11) is -4.00. The summed E-state index contributed by atoms with van der Waals surface area (Å²) in [5.41, 5.74) is 1.44. The molecule has 2 aromatic carbocycles. The van der Waals surface area contributed by atoms with Gasteiger partial charge in [0.15, 0.2) is 0 Å². The van der Waals surface area contributed by atoms with E-state index in [0.717, 1.165) is 4.90 Å². The van der Waals surface area contributed by atoms with Crippen molar-refractivity contribution in [2.75, 3.05) is 9.62 Å². The number of nitrogens with zero attached hydrogens (tertiary/aromatic N) is 2. The van der Waals surface area contributed by atoms with Crippen LogP contribution in [0.15, 0.2) is 65.8 Å². The van der Waals surface area contributed by atoms with Crippen LogP contribution in [0.25, 0.3) is 0 Å². The van der Waals surface area contributed by atoms with Gasteiger partial charge in [0.2, 0.25) is 0 Å². The standard InChI is InChI=1S/C24H23N3O4S/c1-15-13-18(24(2,3)4)21(26-32(30,31)17-10-6-5-7-11-17)20-19(15)22(28)27(23(20)29)16-9-8-12-25-14-16/h5-14,26H,1-4H3. The van der Waals surface area contributed by atoms with Crippen LogP contribution in [0.5, 0.6) is 0 Å². The van der Waals surface area contributed by atoms with Crippen LogP contribution in [0.4, 0.5) is 11.4 Å². The molecular formula is C24H23N3O4S. The largest absolute Gasteiger partial charge is 0.278 e. The van der Waals surface area contributed by atoms with Gasteiger partial charge < -0.3 is 0 Å². The number of anilines is 2. The van der Waals surface area contributed by atoms with E-state index in [9.17, 15) is 18.0 Å². The zero-order valence-electron chi connectivity index (χ0n) is 18.2. The van der Waals surface area contributed by atoms with Crippen LogP contribution >= 0.6 is 0 Å². The maximum absolute atomic E-state index is 13.5. The van der Waals surface area contributed by atoms with E-state index in [4.69, 9.17) is 0 Å². The quantitative estimate of drug-likeness (QED) is 0.600. The predicted molar refractivity (Wildman–Crippen MR) is 123 cm³/mol. The molecule has 164 valence electrons. The van der Waals surface area contributed by atoms with Gasteiger partial charge in [-0.15, -0.1) is 0 Å². The summed E-state index contributed by atoms with van der Waals surface area (Å²) in [6.45, 7) is 7.53. The smallest absolute Gasteiger partial charge is 0.268 e. The molecule has 0 saturated heterocycles. The summed E-state index contributed by atoms with van der Waals surface area (Å²) in [6, 6.07) is 12.9. The molecule has 0 fully saturated rings. The average molecular weight is 450 g/mol. The molecule has 8 heteroatoms. The van der Waals surface area contributed by atoms with E-state index in [1.165, 1.54) is 18.3 Å². The van der Waals surface area contributed by atoms with E-state index in [0.29, 0.717) is 16.8 Å². The number of aryl methyl sites for hydroxylation is 1. The van der Waals surface area contributed by atoms with E-state index in [2.05, 4.69) is 9.71 Å². The number of sulfonamides is 1. The highest BCUT2D eigenvalue weighted by Gasteiger charge is 2.42. The molecule has 1 aliphatic heterocycles. The number of fused-ring (bicyclic) bond motifs is 1. The molecule has 1 N–H and O–H groups in total. The fourth-order valence-corrected chi connectivity index (χ4v) is 4.95. The van der Waals surface area contributed by atoms with E-state index in [1.54, 1.807) is 49.5 Å². The van der Waals surface area contributed by atoms with Gasteiger partial charge in [-0.05, 0) is 47.7 Å². The first-order chi connectivity index (χ1) is 15.0. The van der Waals surface area contributed by atoms with Crippen LogP contribution in [-0.4, -0.2) is 25.2 Å². The molecule has 1 aromatic heterocycles. The number of nitrogens with one attached hydrogen (secondary N) is 1. The Morgan fingerprint density at radius 2 is 1.59 bits per heavy atom. The third-order valence-electron chi connectivity index (χ3n) is 5.36. The van der Waals surface area contributed by atoms with Crippen LogP contribution in [0.2, 0.25) is 0 Å². The molecular weight excluding hydrogens is 426 g/mol. The van der Waals surface area contributed by atoms with Gasteiger partial charge in [-0.3, -0.25) is 19.3 Å².